The summed E-state index contributed by atoms with van der Waals surface area (Å²) in [5.41, 5.74) is 0.663. The highest BCUT2D eigenvalue weighted by Gasteiger charge is 2.20. The second-order valence-electron chi connectivity index (χ2n) is 3.65. The summed E-state index contributed by atoms with van der Waals surface area (Å²) in [6, 6.07) is 0. The van der Waals surface area contributed by atoms with Crippen molar-refractivity contribution in [1.29, 1.82) is 0 Å². The van der Waals surface area contributed by atoms with Crippen molar-refractivity contribution in [2.75, 3.05) is 6.61 Å². The first kappa shape index (κ1) is 15.4. The zero-order chi connectivity index (χ0) is 13.4. The number of hydrogen-bond donors (Lipinski definition) is 2. The van der Waals surface area contributed by atoms with Crippen LogP contribution in [-0.2, 0) is 14.3 Å². The first-order valence-corrected chi connectivity index (χ1v) is 5.31. The molecule has 1 rings (SSSR count). The van der Waals surface area contributed by atoms with Crippen LogP contribution in [-0.4, -0.2) is 34.9 Å². The van der Waals surface area contributed by atoms with Gasteiger partial charge in [-0.05, 0) is 19.8 Å². The molecule has 2 N–H and O–H groups in total. The fraction of sp³-hybridized carbons (Fsp3) is 0.500. The van der Waals surface area contributed by atoms with Crippen LogP contribution in [0.3, 0.4) is 0 Å². The Morgan fingerprint density at radius 1 is 1.41 bits per heavy atom. The number of rotatable bonds is 5. The van der Waals surface area contributed by atoms with E-state index in [1.54, 1.807) is 19.9 Å². The summed E-state index contributed by atoms with van der Waals surface area (Å²) in [6.07, 6.45) is 3.24. The average Bonchev–Trinajstić information content (AvgIpc) is 3.09. The second kappa shape index (κ2) is 7.62. The van der Waals surface area contributed by atoms with E-state index in [0.717, 1.165) is 13.0 Å². The maximum atomic E-state index is 10.2. The molecule has 0 radical (unpaired) electrons. The Morgan fingerprint density at radius 3 is 2.18 bits per heavy atom. The summed E-state index contributed by atoms with van der Waals surface area (Å²) < 4.78 is 4.90. The standard InChI is InChI=1S/C7H10O3.C5H8O2/c1-5(7(8)9)2-3-6-4-10-6;1-3-4(2)5(6)7/h2,6H,3-4H2,1H3,(H,8,9);2-3H2,1H3,(H,6,7). The minimum atomic E-state index is -0.900. The van der Waals surface area contributed by atoms with Crippen molar-refractivity contribution in [2.24, 2.45) is 0 Å². The molecule has 0 bridgehead atoms. The highest BCUT2D eigenvalue weighted by molar-refractivity contribution is 5.85. The van der Waals surface area contributed by atoms with Crippen LogP contribution in [0, 0.1) is 0 Å². The Kier molecular flexibility index (Phi) is 6.89. The molecule has 0 aromatic rings. The molecule has 0 aromatic carbocycles. The highest BCUT2D eigenvalue weighted by Crippen LogP contribution is 2.14. The Balaban J connectivity index is 0.000000325. The Bertz CT molecular complexity index is 326. The van der Waals surface area contributed by atoms with Crippen molar-refractivity contribution in [3.63, 3.8) is 0 Å². The van der Waals surface area contributed by atoms with Gasteiger partial charge in [0.15, 0.2) is 0 Å². The molecule has 1 fully saturated rings. The van der Waals surface area contributed by atoms with Gasteiger partial charge in [0.1, 0.15) is 0 Å². The Labute approximate surface area is 100 Å². The van der Waals surface area contributed by atoms with Crippen molar-refractivity contribution in [1.82, 2.24) is 0 Å². The molecule has 96 valence electrons. The van der Waals surface area contributed by atoms with Crippen molar-refractivity contribution >= 4 is 11.9 Å². The third-order valence-corrected chi connectivity index (χ3v) is 2.16. The molecule has 1 atom stereocenters. The number of hydrogen-bond acceptors (Lipinski definition) is 3. The van der Waals surface area contributed by atoms with E-state index < -0.39 is 11.9 Å². The van der Waals surface area contributed by atoms with Crippen LogP contribution in [0.1, 0.15) is 26.7 Å². The van der Waals surface area contributed by atoms with Crippen LogP contribution >= 0.6 is 0 Å². The van der Waals surface area contributed by atoms with E-state index in [9.17, 15) is 9.59 Å². The summed E-state index contributed by atoms with van der Waals surface area (Å²) >= 11 is 0. The van der Waals surface area contributed by atoms with Crippen LogP contribution in [0.15, 0.2) is 23.8 Å². The predicted molar refractivity (Wildman–Crippen MR) is 62.8 cm³/mol. The van der Waals surface area contributed by atoms with E-state index in [4.69, 9.17) is 14.9 Å². The quantitative estimate of drug-likeness (QED) is 0.567. The molecule has 0 aromatic heterocycles. The SMILES string of the molecule is C=C(CC)C(=O)O.CC(=CCC1CO1)C(=O)O. The molecular weight excluding hydrogens is 224 g/mol. The van der Waals surface area contributed by atoms with E-state index >= 15 is 0 Å². The van der Waals surface area contributed by atoms with E-state index in [1.165, 1.54) is 0 Å². The molecule has 1 heterocycles. The highest BCUT2D eigenvalue weighted by atomic mass is 16.6. The largest absolute Gasteiger partial charge is 0.478 e. The van der Waals surface area contributed by atoms with Gasteiger partial charge in [-0.3, -0.25) is 0 Å². The maximum Gasteiger partial charge on any atom is 0.330 e. The van der Waals surface area contributed by atoms with Crippen molar-refractivity contribution in [3.05, 3.63) is 23.8 Å². The van der Waals surface area contributed by atoms with Crippen LogP contribution in [0.2, 0.25) is 0 Å². The minimum absolute atomic E-state index is 0.264. The molecule has 1 aliphatic rings. The summed E-state index contributed by atoms with van der Waals surface area (Å²) in [5, 5.41) is 16.5. The lowest BCUT2D eigenvalue weighted by Crippen LogP contribution is -1.96. The molecule has 0 amide bonds. The lowest BCUT2D eigenvalue weighted by molar-refractivity contribution is -0.133. The second-order valence-corrected chi connectivity index (χ2v) is 3.65. The zero-order valence-electron chi connectivity index (χ0n) is 10.1. The number of carbonyl (C=O) groups is 2. The van der Waals surface area contributed by atoms with Gasteiger partial charge in [-0.2, -0.15) is 0 Å². The molecule has 5 nitrogen and oxygen atoms in total. The van der Waals surface area contributed by atoms with Crippen molar-refractivity contribution in [3.8, 4) is 0 Å². The maximum absolute atomic E-state index is 10.2. The third-order valence-electron chi connectivity index (χ3n) is 2.16. The van der Waals surface area contributed by atoms with E-state index in [0.29, 0.717) is 12.0 Å². The third kappa shape index (κ3) is 8.21. The number of epoxide rings is 1. The van der Waals surface area contributed by atoms with Gasteiger partial charge in [0.05, 0.1) is 12.7 Å². The molecule has 1 aliphatic heterocycles. The van der Waals surface area contributed by atoms with Gasteiger partial charge in [-0.25, -0.2) is 9.59 Å². The number of carboxylic acids is 2. The molecule has 1 saturated heterocycles. The number of ether oxygens (including phenoxy) is 1. The van der Waals surface area contributed by atoms with Gasteiger partial charge < -0.3 is 14.9 Å². The predicted octanol–water partition coefficient (Wildman–Crippen LogP) is 1.84. The molecule has 0 saturated carbocycles. The van der Waals surface area contributed by atoms with Gasteiger partial charge in [0.25, 0.3) is 0 Å². The topological polar surface area (TPSA) is 87.1 Å². The molecule has 0 spiro atoms. The van der Waals surface area contributed by atoms with E-state index in [-0.39, 0.29) is 11.7 Å². The van der Waals surface area contributed by atoms with E-state index in [1.807, 2.05) is 0 Å². The first-order valence-electron chi connectivity index (χ1n) is 5.31. The fourth-order valence-electron chi connectivity index (χ4n) is 0.751. The first-order chi connectivity index (χ1) is 7.88. The van der Waals surface area contributed by atoms with Crippen LogP contribution < -0.4 is 0 Å². The van der Waals surface area contributed by atoms with Crippen LogP contribution in [0.4, 0.5) is 0 Å². The van der Waals surface area contributed by atoms with Gasteiger partial charge in [0, 0.05) is 11.1 Å². The molecule has 5 heteroatoms. The number of aliphatic carboxylic acids is 2. The van der Waals surface area contributed by atoms with Gasteiger partial charge >= 0.3 is 11.9 Å². The summed E-state index contributed by atoms with van der Waals surface area (Å²) in [7, 11) is 0. The summed E-state index contributed by atoms with van der Waals surface area (Å²) in [6.45, 7) is 7.40. The fourth-order valence-corrected chi connectivity index (χ4v) is 0.751. The Hall–Kier alpha value is -1.62. The van der Waals surface area contributed by atoms with Gasteiger partial charge in [-0.15, -0.1) is 0 Å². The van der Waals surface area contributed by atoms with Gasteiger partial charge in [0.2, 0.25) is 0 Å². The molecular formula is C12H18O5. The number of carboxylic acid groups (broad SMARTS) is 2. The summed E-state index contributed by atoms with van der Waals surface area (Å²) in [4.78, 5) is 20.1. The monoisotopic (exact) mass is 242 g/mol. The lowest BCUT2D eigenvalue weighted by Gasteiger charge is -1.89. The average molecular weight is 242 g/mol. The van der Waals surface area contributed by atoms with E-state index in [2.05, 4.69) is 6.58 Å². The molecule has 0 aliphatic carbocycles. The molecule has 17 heavy (non-hydrogen) atoms. The minimum Gasteiger partial charge on any atom is -0.478 e. The smallest absolute Gasteiger partial charge is 0.330 e. The van der Waals surface area contributed by atoms with Crippen molar-refractivity contribution < 1.29 is 24.5 Å². The lowest BCUT2D eigenvalue weighted by atomic mass is 10.2. The van der Waals surface area contributed by atoms with Crippen LogP contribution in [0.25, 0.3) is 0 Å². The Morgan fingerprint density at radius 2 is 1.94 bits per heavy atom. The normalized spacial score (nSPS) is 17.8. The van der Waals surface area contributed by atoms with Crippen LogP contribution in [0.5, 0.6) is 0 Å². The summed E-state index contributed by atoms with van der Waals surface area (Å²) in [5.74, 6) is -1.75. The molecule has 1 unspecified atom stereocenters. The zero-order valence-corrected chi connectivity index (χ0v) is 10.1. The van der Waals surface area contributed by atoms with Crippen molar-refractivity contribution in [2.45, 2.75) is 32.8 Å². The van der Waals surface area contributed by atoms with Gasteiger partial charge in [-0.1, -0.05) is 19.6 Å².